The van der Waals surface area contributed by atoms with Crippen LogP contribution in [0.3, 0.4) is 0 Å². The molecular formula is C37H38NO5P. The van der Waals surface area contributed by atoms with Gasteiger partial charge in [0.05, 0.1) is 0 Å². The van der Waals surface area contributed by atoms with Crippen molar-refractivity contribution < 1.29 is 23.9 Å². The summed E-state index contributed by atoms with van der Waals surface area (Å²) in [5.74, 6) is 2.13. The highest BCUT2D eigenvalue weighted by Gasteiger charge is 2.28. The third-order valence-electron chi connectivity index (χ3n) is 7.17. The van der Waals surface area contributed by atoms with Gasteiger partial charge in [0.25, 0.3) is 0 Å². The lowest BCUT2D eigenvalue weighted by molar-refractivity contribution is 0.106. The summed E-state index contributed by atoms with van der Waals surface area (Å²) in [4.78, 5) is 0. The maximum atomic E-state index is 14.1. The Kier molecular flexibility index (Phi) is 11.3. The first kappa shape index (κ1) is 31.1. The molecule has 0 aliphatic heterocycles. The van der Waals surface area contributed by atoms with Crippen LogP contribution >= 0.6 is 7.14 Å². The fraction of sp³-hybridized carbons (Fsp3) is 0.189. The Bertz CT molecular complexity index is 1540. The van der Waals surface area contributed by atoms with Crippen molar-refractivity contribution >= 4 is 17.8 Å². The predicted octanol–water partition coefficient (Wildman–Crippen LogP) is 6.19. The van der Waals surface area contributed by atoms with Crippen LogP contribution in [0, 0.1) is 0 Å². The second-order valence-electron chi connectivity index (χ2n) is 10.5. The van der Waals surface area contributed by atoms with E-state index in [4.69, 9.17) is 14.2 Å². The van der Waals surface area contributed by atoms with Crippen molar-refractivity contribution in [3.8, 4) is 17.2 Å². The van der Waals surface area contributed by atoms with E-state index in [9.17, 15) is 9.67 Å². The first-order valence-corrected chi connectivity index (χ1v) is 16.7. The summed E-state index contributed by atoms with van der Waals surface area (Å²) < 4.78 is 31.7. The van der Waals surface area contributed by atoms with Crippen LogP contribution in [0.1, 0.15) is 11.1 Å². The predicted molar refractivity (Wildman–Crippen MR) is 177 cm³/mol. The molecule has 1 atom stereocenters. The lowest BCUT2D eigenvalue weighted by Gasteiger charge is -2.20. The van der Waals surface area contributed by atoms with Crippen LogP contribution in [0.2, 0.25) is 0 Å². The first-order valence-electron chi connectivity index (χ1n) is 14.8. The summed E-state index contributed by atoms with van der Waals surface area (Å²) >= 11 is 0. The molecule has 0 saturated heterocycles. The van der Waals surface area contributed by atoms with Crippen molar-refractivity contribution in [1.29, 1.82) is 0 Å². The summed E-state index contributed by atoms with van der Waals surface area (Å²) in [5.41, 5.74) is 2.25. The third kappa shape index (κ3) is 9.08. The minimum absolute atomic E-state index is 0.0913. The van der Waals surface area contributed by atoms with Gasteiger partial charge in [0.1, 0.15) is 42.9 Å². The van der Waals surface area contributed by atoms with E-state index in [0.29, 0.717) is 31.2 Å². The number of hydrogen-bond donors (Lipinski definition) is 2. The zero-order valence-corrected chi connectivity index (χ0v) is 25.5. The Labute approximate surface area is 259 Å². The number of aliphatic hydroxyl groups excluding tert-OH is 1. The fourth-order valence-corrected chi connectivity index (χ4v) is 6.91. The molecule has 226 valence electrons. The molecule has 6 nitrogen and oxygen atoms in total. The van der Waals surface area contributed by atoms with Crippen LogP contribution in [-0.2, 0) is 17.6 Å². The van der Waals surface area contributed by atoms with Gasteiger partial charge in [0, 0.05) is 17.2 Å². The van der Waals surface area contributed by atoms with Gasteiger partial charge >= 0.3 is 0 Å². The van der Waals surface area contributed by atoms with Crippen molar-refractivity contribution in [2.24, 2.45) is 0 Å². The van der Waals surface area contributed by atoms with E-state index >= 15 is 0 Å². The van der Waals surface area contributed by atoms with E-state index < -0.39 is 13.2 Å². The van der Waals surface area contributed by atoms with Gasteiger partial charge in [-0.2, -0.15) is 0 Å². The average molecular weight is 608 g/mol. The molecular weight excluding hydrogens is 569 g/mol. The number of hydrogen-bond acceptors (Lipinski definition) is 6. The number of nitrogens with one attached hydrogen (secondary N) is 1. The highest BCUT2D eigenvalue weighted by molar-refractivity contribution is 7.78. The molecule has 0 aliphatic carbocycles. The van der Waals surface area contributed by atoms with Gasteiger partial charge in [0.15, 0.2) is 7.14 Å². The molecule has 0 aromatic heterocycles. The summed E-state index contributed by atoms with van der Waals surface area (Å²) in [7, 11) is -2.95. The van der Waals surface area contributed by atoms with Crippen LogP contribution < -0.4 is 30.1 Å². The van der Waals surface area contributed by atoms with E-state index in [0.717, 1.165) is 33.9 Å². The second kappa shape index (κ2) is 15.9. The van der Waals surface area contributed by atoms with E-state index in [1.165, 1.54) is 0 Å². The molecule has 0 aliphatic rings. The lowest BCUT2D eigenvalue weighted by Crippen LogP contribution is -2.32. The number of rotatable bonds is 16. The van der Waals surface area contributed by atoms with E-state index in [1.54, 1.807) is 0 Å². The second-order valence-corrected chi connectivity index (χ2v) is 13.3. The molecule has 0 bridgehead atoms. The number of ether oxygens (including phenoxy) is 3. The molecule has 7 heteroatoms. The maximum absolute atomic E-state index is 14.1. The largest absolute Gasteiger partial charge is 0.491 e. The Hall–Kier alpha value is -4.35. The van der Waals surface area contributed by atoms with E-state index in [1.807, 2.05) is 140 Å². The SMILES string of the molecule is O=P(COc1ccc(CCNC[C@H](O)COc2ccc(OCc3ccccc3)cc2)cc1)(c1ccccc1)c1ccccc1. The average Bonchev–Trinajstić information content (AvgIpc) is 3.09. The van der Waals surface area contributed by atoms with Crippen molar-refractivity contribution in [2.45, 2.75) is 19.1 Å². The van der Waals surface area contributed by atoms with Gasteiger partial charge in [-0.15, -0.1) is 0 Å². The monoisotopic (exact) mass is 607 g/mol. The molecule has 44 heavy (non-hydrogen) atoms. The molecule has 0 heterocycles. The summed E-state index contributed by atoms with van der Waals surface area (Å²) in [6, 6.07) is 44.4. The molecule has 0 radical (unpaired) electrons. The van der Waals surface area contributed by atoms with Crippen molar-refractivity contribution in [3.05, 3.63) is 151 Å². The number of benzene rings is 5. The van der Waals surface area contributed by atoms with E-state index in [-0.39, 0.29) is 13.0 Å². The van der Waals surface area contributed by atoms with Gasteiger partial charge in [-0.1, -0.05) is 103 Å². The molecule has 0 amide bonds. The van der Waals surface area contributed by atoms with Crippen molar-refractivity contribution in [2.75, 3.05) is 26.0 Å². The molecule has 0 fully saturated rings. The summed E-state index contributed by atoms with van der Waals surface area (Å²) in [6.07, 6.45) is 0.253. The maximum Gasteiger partial charge on any atom is 0.178 e. The van der Waals surface area contributed by atoms with Crippen LogP contribution in [0.15, 0.2) is 140 Å². The molecule has 5 aromatic carbocycles. The topological polar surface area (TPSA) is 77.0 Å². The van der Waals surface area contributed by atoms with Crippen molar-refractivity contribution in [3.63, 3.8) is 0 Å². The standard InChI is InChI=1S/C37H38NO5P/c39-32(28-42-34-22-20-33(21-23-34)41-27-31-10-4-1-5-11-31)26-38-25-24-30-16-18-35(19-17-30)43-29-44(40,36-12-6-2-7-13-36)37-14-8-3-9-15-37/h1-23,32,38-39H,24-29H2/t32-/m0/s1. The Morgan fingerprint density at radius 3 is 1.68 bits per heavy atom. The van der Waals surface area contributed by atoms with E-state index in [2.05, 4.69) is 5.32 Å². The lowest BCUT2D eigenvalue weighted by atomic mass is 10.1. The van der Waals surface area contributed by atoms with Crippen LogP contribution in [-0.4, -0.2) is 37.3 Å². The molecule has 0 unspecified atom stereocenters. The van der Waals surface area contributed by atoms with Gasteiger partial charge in [-0.25, -0.2) is 0 Å². The quantitative estimate of drug-likeness (QED) is 0.103. The highest BCUT2D eigenvalue weighted by Crippen LogP contribution is 2.43. The summed E-state index contributed by atoms with van der Waals surface area (Å²) in [5, 5.41) is 15.2. The molecule has 5 aromatic rings. The Morgan fingerprint density at radius 2 is 1.09 bits per heavy atom. The zero-order chi connectivity index (χ0) is 30.5. The zero-order valence-electron chi connectivity index (χ0n) is 24.6. The van der Waals surface area contributed by atoms with Gasteiger partial charge in [-0.05, 0) is 60.5 Å². The number of aliphatic hydroxyl groups is 1. The summed E-state index contributed by atoms with van der Waals surface area (Å²) in [6.45, 7) is 1.84. The normalized spacial score (nSPS) is 11.9. The molecule has 5 rings (SSSR count). The third-order valence-corrected chi connectivity index (χ3v) is 9.93. The Balaban J connectivity index is 1.01. The van der Waals surface area contributed by atoms with Gasteiger partial charge < -0.3 is 29.2 Å². The van der Waals surface area contributed by atoms with Crippen LogP contribution in [0.4, 0.5) is 0 Å². The van der Waals surface area contributed by atoms with Gasteiger partial charge in [0.2, 0.25) is 0 Å². The minimum atomic E-state index is -2.95. The molecule has 0 spiro atoms. The molecule has 2 N–H and O–H groups in total. The highest BCUT2D eigenvalue weighted by atomic mass is 31.2. The first-order chi connectivity index (χ1) is 21.6. The Morgan fingerprint density at radius 1 is 0.591 bits per heavy atom. The van der Waals surface area contributed by atoms with Gasteiger partial charge in [-0.3, -0.25) is 0 Å². The minimum Gasteiger partial charge on any atom is -0.491 e. The van der Waals surface area contributed by atoms with Crippen LogP contribution in [0.25, 0.3) is 0 Å². The smallest absolute Gasteiger partial charge is 0.178 e. The van der Waals surface area contributed by atoms with Crippen LogP contribution in [0.5, 0.6) is 17.2 Å². The van der Waals surface area contributed by atoms with Crippen molar-refractivity contribution in [1.82, 2.24) is 5.32 Å². The fourth-order valence-electron chi connectivity index (χ4n) is 4.68. The molecule has 0 saturated carbocycles.